The van der Waals surface area contributed by atoms with Crippen molar-refractivity contribution in [2.45, 2.75) is 32.3 Å². The first-order valence-corrected chi connectivity index (χ1v) is 7.69. The number of hydrogen-bond acceptors (Lipinski definition) is 5. The Morgan fingerprint density at radius 2 is 2.33 bits per heavy atom. The van der Waals surface area contributed by atoms with Gasteiger partial charge in [0.15, 0.2) is 0 Å². The summed E-state index contributed by atoms with van der Waals surface area (Å²) < 4.78 is 5.74. The number of hydrazine groups is 1. The van der Waals surface area contributed by atoms with Crippen LogP contribution in [0.25, 0.3) is 0 Å². The second-order valence-corrected chi connectivity index (χ2v) is 6.26. The molecule has 0 bridgehead atoms. The number of thiazole rings is 1. The number of aromatic nitrogens is 1. The Bertz CT molecular complexity index is 665. The van der Waals surface area contributed by atoms with Crippen molar-refractivity contribution in [1.29, 1.82) is 0 Å². The van der Waals surface area contributed by atoms with Gasteiger partial charge in [-0.25, -0.2) is 10.8 Å². The van der Waals surface area contributed by atoms with E-state index < -0.39 is 0 Å². The summed E-state index contributed by atoms with van der Waals surface area (Å²) in [5.74, 6) is 6.18. The Labute approximate surface area is 127 Å². The predicted octanol–water partition coefficient (Wildman–Crippen LogP) is 2.51. The van der Waals surface area contributed by atoms with Gasteiger partial charge in [0.2, 0.25) is 0 Å². The van der Waals surface area contributed by atoms with E-state index in [-0.39, 0.29) is 5.91 Å². The highest BCUT2D eigenvalue weighted by Gasteiger charge is 2.31. The van der Waals surface area contributed by atoms with Crippen LogP contribution in [0.1, 0.15) is 44.7 Å². The van der Waals surface area contributed by atoms with Crippen LogP contribution in [-0.4, -0.2) is 10.9 Å². The van der Waals surface area contributed by atoms with Crippen LogP contribution in [0.4, 0.5) is 0 Å². The molecule has 6 heteroatoms. The lowest BCUT2D eigenvalue weighted by molar-refractivity contribution is 0.0956. The third kappa shape index (κ3) is 3.22. The molecule has 0 aliphatic heterocycles. The van der Waals surface area contributed by atoms with Gasteiger partial charge in [0.25, 0.3) is 5.91 Å². The van der Waals surface area contributed by atoms with E-state index in [0.29, 0.717) is 17.4 Å². The molecule has 2 aromatic rings. The summed E-state index contributed by atoms with van der Waals surface area (Å²) in [6.45, 7) is 2.39. The molecule has 110 valence electrons. The van der Waals surface area contributed by atoms with Crippen molar-refractivity contribution >= 4 is 17.2 Å². The highest BCUT2D eigenvalue weighted by atomic mass is 32.1. The summed E-state index contributed by atoms with van der Waals surface area (Å²) in [6.07, 6.45) is 2.18. The molecule has 1 aliphatic carbocycles. The molecule has 1 amide bonds. The van der Waals surface area contributed by atoms with Crippen LogP contribution >= 0.6 is 11.3 Å². The van der Waals surface area contributed by atoms with E-state index in [1.807, 2.05) is 31.2 Å². The minimum absolute atomic E-state index is 0.267. The smallest absolute Gasteiger partial charge is 0.277 e. The summed E-state index contributed by atoms with van der Waals surface area (Å²) in [5.41, 5.74) is 4.20. The quantitative estimate of drug-likeness (QED) is 0.505. The predicted molar refractivity (Wildman–Crippen MR) is 81.3 cm³/mol. The number of hydrogen-bond donors (Lipinski definition) is 2. The van der Waals surface area contributed by atoms with E-state index in [1.165, 1.54) is 11.3 Å². The van der Waals surface area contributed by atoms with Crippen LogP contribution in [0.3, 0.4) is 0 Å². The standard InChI is InChI=1S/C15H17N3O2S/c1-9-3-2-4-11(7-9)20-8-12-17-13(10-5-6-10)14(21-12)15(19)18-16/h2-4,7,10H,5-6,8,16H2,1H3,(H,18,19). The van der Waals surface area contributed by atoms with E-state index in [2.05, 4.69) is 10.4 Å². The van der Waals surface area contributed by atoms with Gasteiger partial charge < -0.3 is 4.74 Å². The normalized spacial score (nSPS) is 14.0. The number of nitrogens with zero attached hydrogens (tertiary/aromatic N) is 1. The zero-order valence-electron chi connectivity index (χ0n) is 11.8. The highest BCUT2D eigenvalue weighted by Crippen LogP contribution is 2.42. The molecule has 1 heterocycles. The lowest BCUT2D eigenvalue weighted by Crippen LogP contribution is -2.30. The van der Waals surface area contributed by atoms with Crippen LogP contribution in [-0.2, 0) is 6.61 Å². The maximum Gasteiger partial charge on any atom is 0.277 e. The van der Waals surface area contributed by atoms with Crippen LogP contribution < -0.4 is 16.0 Å². The van der Waals surface area contributed by atoms with Gasteiger partial charge in [-0.05, 0) is 37.5 Å². The Kier molecular flexibility index (Phi) is 3.90. The molecule has 1 fully saturated rings. The third-order valence-corrected chi connectivity index (χ3v) is 4.39. The summed E-state index contributed by atoms with van der Waals surface area (Å²) in [5, 5.41) is 0.803. The Balaban J connectivity index is 1.75. The average Bonchev–Trinajstić information content (AvgIpc) is 3.24. The molecule has 1 aliphatic rings. The van der Waals surface area contributed by atoms with Crippen molar-refractivity contribution in [3.05, 3.63) is 45.4 Å². The molecule has 0 unspecified atom stereocenters. The molecule has 0 spiro atoms. The van der Waals surface area contributed by atoms with Crippen LogP contribution in [0.15, 0.2) is 24.3 Å². The highest BCUT2D eigenvalue weighted by molar-refractivity contribution is 7.13. The van der Waals surface area contributed by atoms with Crippen LogP contribution in [0, 0.1) is 6.92 Å². The number of nitrogens with one attached hydrogen (secondary N) is 1. The fourth-order valence-electron chi connectivity index (χ4n) is 2.15. The van der Waals surface area contributed by atoms with Gasteiger partial charge in [0.1, 0.15) is 22.2 Å². The van der Waals surface area contributed by atoms with E-state index in [1.54, 1.807) is 0 Å². The van der Waals surface area contributed by atoms with Gasteiger partial charge in [-0.3, -0.25) is 10.2 Å². The molecule has 3 N–H and O–H groups in total. The number of aryl methyl sites for hydroxylation is 1. The lowest BCUT2D eigenvalue weighted by Gasteiger charge is -2.04. The van der Waals surface area contributed by atoms with Crippen LogP contribution in [0.5, 0.6) is 5.75 Å². The SMILES string of the molecule is Cc1cccc(OCc2nc(C3CC3)c(C(=O)NN)s2)c1. The Hall–Kier alpha value is -1.92. The molecule has 0 saturated heterocycles. The first kappa shape index (κ1) is 14.0. The zero-order valence-corrected chi connectivity index (χ0v) is 12.6. The molecule has 3 rings (SSSR count). The first-order chi connectivity index (χ1) is 10.2. The fraction of sp³-hybridized carbons (Fsp3) is 0.333. The number of amides is 1. The fourth-order valence-corrected chi connectivity index (χ4v) is 3.12. The van der Waals surface area contributed by atoms with Gasteiger partial charge in [0, 0.05) is 5.92 Å². The molecule has 0 atom stereocenters. The van der Waals surface area contributed by atoms with Crippen molar-refractivity contribution < 1.29 is 9.53 Å². The number of carbonyl (C=O) groups is 1. The molecular weight excluding hydrogens is 286 g/mol. The summed E-state index contributed by atoms with van der Waals surface area (Å²) in [7, 11) is 0. The second kappa shape index (κ2) is 5.83. The molecule has 5 nitrogen and oxygen atoms in total. The summed E-state index contributed by atoms with van der Waals surface area (Å²) in [4.78, 5) is 17.0. The minimum atomic E-state index is -0.267. The van der Waals surface area contributed by atoms with Crippen molar-refractivity contribution in [3.63, 3.8) is 0 Å². The minimum Gasteiger partial charge on any atom is -0.486 e. The molecule has 0 radical (unpaired) electrons. The number of nitrogens with two attached hydrogens (primary N) is 1. The topological polar surface area (TPSA) is 77.2 Å². The van der Waals surface area contributed by atoms with E-state index >= 15 is 0 Å². The summed E-state index contributed by atoms with van der Waals surface area (Å²) >= 11 is 1.36. The molecule has 1 saturated carbocycles. The summed E-state index contributed by atoms with van der Waals surface area (Å²) in [6, 6.07) is 7.86. The van der Waals surface area contributed by atoms with Crippen molar-refractivity contribution in [2.75, 3.05) is 0 Å². The van der Waals surface area contributed by atoms with Crippen molar-refractivity contribution in [3.8, 4) is 5.75 Å². The van der Waals surface area contributed by atoms with Crippen molar-refractivity contribution in [2.24, 2.45) is 5.84 Å². The first-order valence-electron chi connectivity index (χ1n) is 6.87. The van der Waals surface area contributed by atoms with Crippen LogP contribution in [0.2, 0.25) is 0 Å². The Morgan fingerprint density at radius 3 is 3.00 bits per heavy atom. The molecule has 1 aromatic heterocycles. The number of ether oxygens (including phenoxy) is 1. The third-order valence-electron chi connectivity index (χ3n) is 3.35. The average molecular weight is 303 g/mol. The maximum absolute atomic E-state index is 11.8. The molecule has 1 aromatic carbocycles. The van der Waals surface area contributed by atoms with Crippen molar-refractivity contribution in [1.82, 2.24) is 10.4 Å². The van der Waals surface area contributed by atoms with Gasteiger partial charge in [-0.1, -0.05) is 12.1 Å². The van der Waals surface area contributed by atoms with E-state index in [0.717, 1.165) is 34.9 Å². The van der Waals surface area contributed by atoms with E-state index in [4.69, 9.17) is 10.6 Å². The number of carbonyl (C=O) groups excluding carboxylic acids is 1. The molecular formula is C15H17N3O2S. The second-order valence-electron chi connectivity index (χ2n) is 5.17. The van der Waals surface area contributed by atoms with E-state index in [9.17, 15) is 4.79 Å². The van der Waals surface area contributed by atoms with Gasteiger partial charge in [-0.2, -0.15) is 0 Å². The lowest BCUT2D eigenvalue weighted by atomic mass is 10.2. The monoisotopic (exact) mass is 303 g/mol. The van der Waals surface area contributed by atoms with Gasteiger partial charge in [-0.15, -0.1) is 11.3 Å². The largest absolute Gasteiger partial charge is 0.486 e. The zero-order chi connectivity index (χ0) is 14.8. The van der Waals surface area contributed by atoms with Gasteiger partial charge >= 0.3 is 0 Å². The number of rotatable bonds is 5. The number of nitrogen functional groups attached to an aromatic ring is 1. The number of benzene rings is 1. The molecule has 21 heavy (non-hydrogen) atoms. The van der Waals surface area contributed by atoms with Gasteiger partial charge in [0.05, 0.1) is 5.69 Å². The Morgan fingerprint density at radius 1 is 1.52 bits per heavy atom. The maximum atomic E-state index is 11.8.